The van der Waals surface area contributed by atoms with Gasteiger partial charge in [-0.05, 0) is 43.5 Å². The van der Waals surface area contributed by atoms with E-state index in [-0.39, 0.29) is 24.9 Å². The third kappa shape index (κ3) is 4.56. The molecule has 0 bridgehead atoms. The van der Waals surface area contributed by atoms with Gasteiger partial charge in [0.1, 0.15) is 17.4 Å². The summed E-state index contributed by atoms with van der Waals surface area (Å²) >= 11 is 0. The van der Waals surface area contributed by atoms with Crippen molar-refractivity contribution < 1.29 is 18.3 Å². The van der Waals surface area contributed by atoms with E-state index in [1.165, 1.54) is 12.1 Å². The number of carbonyl (C=O) groups is 1. The minimum absolute atomic E-state index is 0.0459. The van der Waals surface area contributed by atoms with Crippen LogP contribution < -0.4 is 4.74 Å². The maximum absolute atomic E-state index is 13.9. The van der Waals surface area contributed by atoms with Gasteiger partial charge in [-0.1, -0.05) is 18.2 Å². The number of ether oxygens (including phenoxy) is 1. The number of rotatable bonds is 7. The number of carbonyl (C=O) groups excluding carboxylic acids is 1. The van der Waals surface area contributed by atoms with E-state index in [2.05, 4.69) is 0 Å². The molecule has 132 valence electrons. The summed E-state index contributed by atoms with van der Waals surface area (Å²) in [5.41, 5.74) is 1.23. The summed E-state index contributed by atoms with van der Waals surface area (Å²) < 4.78 is 32.4. The summed E-state index contributed by atoms with van der Waals surface area (Å²) in [5, 5.41) is 0. The van der Waals surface area contributed by atoms with Crippen molar-refractivity contribution in [3.8, 4) is 5.75 Å². The summed E-state index contributed by atoms with van der Waals surface area (Å²) in [5.74, 6) is -0.499. The highest BCUT2D eigenvalue weighted by atomic mass is 19.1. The van der Waals surface area contributed by atoms with E-state index in [1.807, 2.05) is 31.2 Å². The first-order valence-electron chi connectivity index (χ1n) is 8.52. The second-order valence-electron chi connectivity index (χ2n) is 6.24. The molecule has 0 atom stereocenters. The summed E-state index contributed by atoms with van der Waals surface area (Å²) in [7, 11) is 0. The molecule has 1 amide bonds. The van der Waals surface area contributed by atoms with Crippen molar-refractivity contribution >= 4 is 5.91 Å². The lowest BCUT2D eigenvalue weighted by molar-refractivity contribution is -0.131. The van der Waals surface area contributed by atoms with Crippen molar-refractivity contribution in [2.45, 2.75) is 38.8 Å². The van der Waals surface area contributed by atoms with Crippen molar-refractivity contribution in [1.29, 1.82) is 0 Å². The van der Waals surface area contributed by atoms with Crippen molar-refractivity contribution in [2.24, 2.45) is 0 Å². The number of nitrogens with zero attached hydrogens (tertiary/aromatic N) is 1. The van der Waals surface area contributed by atoms with Crippen molar-refractivity contribution in [1.82, 2.24) is 4.90 Å². The molecule has 0 N–H and O–H groups in total. The molecule has 3 rings (SSSR count). The normalized spacial score (nSPS) is 13.6. The largest absolute Gasteiger partial charge is 0.494 e. The lowest BCUT2D eigenvalue weighted by atomic mass is 10.1. The number of hydrogen-bond acceptors (Lipinski definition) is 2. The van der Waals surface area contributed by atoms with Gasteiger partial charge < -0.3 is 9.64 Å². The molecule has 3 nitrogen and oxygen atoms in total. The third-order valence-electron chi connectivity index (χ3n) is 4.25. The molecule has 1 fully saturated rings. The average molecular weight is 345 g/mol. The summed E-state index contributed by atoms with van der Waals surface area (Å²) in [6.45, 7) is 2.68. The standard InChI is InChI=1S/C20H21F2NO2/c1-2-25-18-9-3-14(4-10-18)11-20(24)23(17-7-8-17)13-15-5-6-16(21)12-19(15)22/h3-6,9-10,12,17H,2,7-8,11,13H2,1H3. The molecule has 0 heterocycles. The Balaban J connectivity index is 1.68. The molecule has 1 saturated carbocycles. The maximum atomic E-state index is 13.9. The van der Waals surface area contributed by atoms with Crippen LogP contribution in [0.4, 0.5) is 8.78 Å². The minimum Gasteiger partial charge on any atom is -0.494 e. The Morgan fingerprint density at radius 3 is 2.48 bits per heavy atom. The predicted octanol–water partition coefficient (Wildman–Crippen LogP) is 4.10. The lowest BCUT2D eigenvalue weighted by Crippen LogP contribution is -2.34. The quantitative estimate of drug-likeness (QED) is 0.756. The van der Waals surface area contributed by atoms with Crippen LogP contribution in [0.15, 0.2) is 42.5 Å². The van der Waals surface area contributed by atoms with Gasteiger partial charge in [-0.25, -0.2) is 8.78 Å². The van der Waals surface area contributed by atoms with E-state index in [4.69, 9.17) is 4.74 Å². The van der Waals surface area contributed by atoms with Gasteiger partial charge in [-0.2, -0.15) is 0 Å². The molecular formula is C20H21F2NO2. The topological polar surface area (TPSA) is 29.5 Å². The number of halogens is 2. The SMILES string of the molecule is CCOc1ccc(CC(=O)N(Cc2ccc(F)cc2F)C2CC2)cc1. The molecule has 5 heteroatoms. The van der Waals surface area contributed by atoms with Gasteiger partial charge in [0, 0.05) is 24.2 Å². The lowest BCUT2D eigenvalue weighted by Gasteiger charge is -2.23. The zero-order valence-corrected chi connectivity index (χ0v) is 14.2. The van der Waals surface area contributed by atoms with Crippen LogP contribution >= 0.6 is 0 Å². The van der Waals surface area contributed by atoms with Crippen LogP contribution in [0.25, 0.3) is 0 Å². The Hall–Kier alpha value is -2.43. The summed E-state index contributed by atoms with van der Waals surface area (Å²) in [4.78, 5) is 14.4. The number of hydrogen-bond donors (Lipinski definition) is 0. The van der Waals surface area contributed by atoms with E-state index in [1.54, 1.807) is 4.90 Å². The van der Waals surface area contributed by atoms with E-state index in [0.717, 1.165) is 30.2 Å². The van der Waals surface area contributed by atoms with Gasteiger partial charge in [0.15, 0.2) is 0 Å². The second kappa shape index (κ2) is 7.64. The highest BCUT2D eigenvalue weighted by Gasteiger charge is 2.32. The molecule has 1 aliphatic rings. The number of benzene rings is 2. The smallest absolute Gasteiger partial charge is 0.227 e. The molecule has 0 unspecified atom stereocenters. The molecule has 2 aromatic rings. The second-order valence-corrected chi connectivity index (χ2v) is 6.24. The van der Waals surface area contributed by atoms with E-state index in [9.17, 15) is 13.6 Å². The first-order valence-corrected chi connectivity index (χ1v) is 8.52. The van der Waals surface area contributed by atoms with Gasteiger partial charge in [-0.3, -0.25) is 4.79 Å². The molecule has 0 saturated heterocycles. The fraction of sp³-hybridized carbons (Fsp3) is 0.350. The molecule has 1 aliphatic carbocycles. The predicted molar refractivity (Wildman–Crippen MR) is 91.2 cm³/mol. The Morgan fingerprint density at radius 1 is 1.16 bits per heavy atom. The molecule has 0 aliphatic heterocycles. The zero-order chi connectivity index (χ0) is 17.8. The highest BCUT2D eigenvalue weighted by Crippen LogP contribution is 2.29. The Bertz CT molecular complexity index is 742. The summed E-state index contributed by atoms with van der Waals surface area (Å²) in [6, 6.07) is 11.1. The highest BCUT2D eigenvalue weighted by molar-refractivity contribution is 5.79. The van der Waals surface area contributed by atoms with Gasteiger partial charge >= 0.3 is 0 Å². The monoisotopic (exact) mass is 345 g/mol. The van der Waals surface area contributed by atoms with Crippen LogP contribution in [0.1, 0.15) is 30.9 Å². The molecule has 0 spiro atoms. The first kappa shape index (κ1) is 17.4. The zero-order valence-electron chi connectivity index (χ0n) is 14.2. The number of amides is 1. The van der Waals surface area contributed by atoms with Gasteiger partial charge in [0.05, 0.1) is 13.0 Å². The van der Waals surface area contributed by atoms with Crippen molar-refractivity contribution in [3.63, 3.8) is 0 Å². The van der Waals surface area contributed by atoms with Crippen LogP contribution in [-0.2, 0) is 17.8 Å². The third-order valence-corrected chi connectivity index (χ3v) is 4.25. The van der Waals surface area contributed by atoms with E-state index < -0.39 is 11.6 Å². The van der Waals surface area contributed by atoms with Gasteiger partial charge in [0.25, 0.3) is 0 Å². The molecule has 25 heavy (non-hydrogen) atoms. The average Bonchev–Trinajstić information content (AvgIpc) is 3.41. The van der Waals surface area contributed by atoms with Crippen LogP contribution in [0.2, 0.25) is 0 Å². The fourth-order valence-corrected chi connectivity index (χ4v) is 2.79. The van der Waals surface area contributed by atoms with Crippen molar-refractivity contribution in [3.05, 3.63) is 65.2 Å². The van der Waals surface area contributed by atoms with E-state index >= 15 is 0 Å². The Morgan fingerprint density at radius 2 is 1.88 bits per heavy atom. The van der Waals surface area contributed by atoms with Crippen molar-refractivity contribution in [2.75, 3.05) is 6.61 Å². The molecule has 0 aromatic heterocycles. The van der Waals surface area contributed by atoms with Crippen LogP contribution in [-0.4, -0.2) is 23.5 Å². The molecular weight excluding hydrogens is 324 g/mol. The van der Waals surface area contributed by atoms with Gasteiger partial charge in [0.2, 0.25) is 5.91 Å². The summed E-state index contributed by atoms with van der Waals surface area (Å²) in [6.07, 6.45) is 2.11. The van der Waals surface area contributed by atoms with Crippen LogP contribution in [0.5, 0.6) is 5.75 Å². The van der Waals surface area contributed by atoms with Crippen LogP contribution in [0, 0.1) is 11.6 Å². The fourth-order valence-electron chi connectivity index (χ4n) is 2.79. The molecule has 2 aromatic carbocycles. The first-order chi connectivity index (χ1) is 12.1. The Labute approximate surface area is 146 Å². The van der Waals surface area contributed by atoms with E-state index in [0.29, 0.717) is 12.2 Å². The van der Waals surface area contributed by atoms with Crippen LogP contribution in [0.3, 0.4) is 0 Å². The Kier molecular flexibility index (Phi) is 5.31. The maximum Gasteiger partial charge on any atom is 0.227 e. The van der Waals surface area contributed by atoms with Gasteiger partial charge in [-0.15, -0.1) is 0 Å². The molecule has 0 radical (unpaired) electrons. The minimum atomic E-state index is -0.612.